The van der Waals surface area contributed by atoms with Crippen molar-refractivity contribution in [2.75, 3.05) is 21.7 Å². The average molecular weight is 335 g/mol. The van der Waals surface area contributed by atoms with Crippen molar-refractivity contribution in [2.45, 2.75) is 6.92 Å². The van der Waals surface area contributed by atoms with E-state index in [1.54, 1.807) is 54.6 Å². The Kier molecular flexibility index (Phi) is 5.38. The van der Waals surface area contributed by atoms with Crippen molar-refractivity contribution in [1.29, 1.82) is 5.26 Å². The van der Waals surface area contributed by atoms with Gasteiger partial charge in [-0.25, -0.2) is 0 Å². The first-order valence-electron chi connectivity index (χ1n) is 7.35. The highest BCUT2D eigenvalue weighted by atomic mass is 16.2. The van der Waals surface area contributed by atoms with E-state index in [2.05, 4.69) is 5.32 Å². The maximum Gasteiger partial charge on any atom is 0.267 e. The number of carbonyl (C=O) groups excluding carboxylic acids is 2. The lowest BCUT2D eigenvalue weighted by molar-refractivity contribution is -0.116. The second kappa shape index (κ2) is 7.66. The minimum atomic E-state index is -0.631. The molecule has 0 aromatic heterocycles. The first-order valence-corrected chi connectivity index (χ1v) is 7.35. The largest absolute Gasteiger partial charge is 0.399 e. The van der Waals surface area contributed by atoms with E-state index in [9.17, 15) is 14.9 Å². The summed E-state index contributed by atoms with van der Waals surface area (Å²) >= 11 is 0. The fraction of sp³-hybridized carbons (Fsp3) is 0.0556. The fourth-order valence-electron chi connectivity index (χ4n) is 2.01. The van der Waals surface area contributed by atoms with Crippen LogP contribution in [0.2, 0.25) is 0 Å². The highest BCUT2D eigenvalue weighted by Crippen LogP contribution is 2.19. The number of hydrogen-bond donors (Lipinski definition) is 3. The van der Waals surface area contributed by atoms with Gasteiger partial charge in [-0.05, 0) is 48.5 Å². The molecule has 0 spiro atoms. The molecule has 0 fully saturated rings. The summed E-state index contributed by atoms with van der Waals surface area (Å²) in [6, 6.07) is 14.8. The van der Waals surface area contributed by atoms with Crippen molar-refractivity contribution in [3.8, 4) is 6.07 Å². The zero-order chi connectivity index (χ0) is 18.4. The molecule has 2 aromatic rings. The van der Waals surface area contributed by atoms with E-state index >= 15 is 0 Å². The summed E-state index contributed by atoms with van der Waals surface area (Å²) in [4.78, 5) is 25.4. The van der Waals surface area contributed by atoms with Gasteiger partial charge in [-0.2, -0.15) is 5.26 Å². The lowest BCUT2D eigenvalue weighted by atomic mass is 10.2. The number of anilines is 4. The summed E-state index contributed by atoms with van der Waals surface area (Å²) in [5, 5.41) is 11.9. The van der Waals surface area contributed by atoms with E-state index < -0.39 is 5.91 Å². The summed E-state index contributed by atoms with van der Waals surface area (Å²) < 4.78 is 0. The molecule has 0 unspecified atom stereocenters. The molecule has 2 amide bonds. The molecule has 0 atom stereocenters. The molecule has 0 aliphatic rings. The third-order valence-corrected chi connectivity index (χ3v) is 3.30. The summed E-state index contributed by atoms with van der Waals surface area (Å²) in [6.07, 6.45) is 1.19. The quantitative estimate of drug-likeness (QED) is 0.449. The van der Waals surface area contributed by atoms with Crippen molar-refractivity contribution < 1.29 is 9.59 Å². The van der Waals surface area contributed by atoms with Crippen LogP contribution < -0.4 is 21.7 Å². The Morgan fingerprint density at radius 2 is 1.56 bits per heavy atom. The van der Waals surface area contributed by atoms with Gasteiger partial charge in [0, 0.05) is 35.9 Å². The Labute approximate surface area is 145 Å². The number of carbonyl (C=O) groups is 2. The number of rotatable bonds is 4. The molecule has 0 radical (unpaired) electrons. The van der Waals surface area contributed by atoms with Crippen LogP contribution in [-0.4, -0.2) is 11.8 Å². The molecule has 126 valence electrons. The van der Waals surface area contributed by atoms with Crippen molar-refractivity contribution in [1.82, 2.24) is 0 Å². The third kappa shape index (κ3) is 4.59. The number of nitrogen functional groups attached to an aromatic ring is 2. The lowest BCUT2D eigenvalue weighted by Crippen LogP contribution is -2.25. The number of nitrogens with zero attached hydrogens (tertiary/aromatic N) is 2. The molecule has 0 saturated carbocycles. The van der Waals surface area contributed by atoms with Gasteiger partial charge < -0.3 is 16.8 Å². The smallest absolute Gasteiger partial charge is 0.267 e. The third-order valence-electron chi connectivity index (χ3n) is 3.30. The summed E-state index contributed by atoms with van der Waals surface area (Å²) in [5.41, 5.74) is 13.1. The van der Waals surface area contributed by atoms with Gasteiger partial charge in [0.2, 0.25) is 5.91 Å². The standard InChI is InChI=1S/C18H17N5O2/c1-12(24)23(17-8-4-15(21)5-9-17)11-13(10-19)18(25)22-16-6-2-14(20)3-7-16/h2-9,11H,20-21H2,1H3,(H,22,25)/b13-11-. The first kappa shape index (κ1) is 17.6. The SMILES string of the molecule is CC(=O)N(/C=C(/C#N)C(=O)Nc1ccc(N)cc1)c1ccc(N)cc1. The molecule has 7 nitrogen and oxygen atoms in total. The van der Waals surface area contributed by atoms with E-state index in [1.807, 2.05) is 0 Å². The van der Waals surface area contributed by atoms with E-state index in [-0.39, 0.29) is 11.5 Å². The van der Waals surface area contributed by atoms with E-state index in [1.165, 1.54) is 18.0 Å². The maximum atomic E-state index is 12.3. The Morgan fingerprint density at radius 1 is 1.04 bits per heavy atom. The highest BCUT2D eigenvalue weighted by Gasteiger charge is 2.15. The van der Waals surface area contributed by atoms with Gasteiger partial charge in [0.1, 0.15) is 11.6 Å². The summed E-state index contributed by atoms with van der Waals surface area (Å²) in [7, 11) is 0. The molecule has 0 aliphatic carbocycles. The Bertz CT molecular complexity index is 849. The van der Waals surface area contributed by atoms with Crippen LogP contribution in [0.4, 0.5) is 22.7 Å². The van der Waals surface area contributed by atoms with Crippen molar-refractivity contribution in [2.24, 2.45) is 0 Å². The predicted molar refractivity (Wildman–Crippen MR) is 97.2 cm³/mol. The van der Waals surface area contributed by atoms with Gasteiger partial charge in [-0.3, -0.25) is 14.5 Å². The number of nitrogens with one attached hydrogen (secondary N) is 1. The number of hydrogen-bond acceptors (Lipinski definition) is 5. The Hall–Kier alpha value is -3.79. The predicted octanol–water partition coefficient (Wildman–Crippen LogP) is 2.25. The van der Waals surface area contributed by atoms with Crippen LogP contribution in [0.25, 0.3) is 0 Å². The fourth-order valence-corrected chi connectivity index (χ4v) is 2.01. The van der Waals surface area contributed by atoms with Crippen molar-refractivity contribution in [3.63, 3.8) is 0 Å². The van der Waals surface area contributed by atoms with Crippen LogP contribution in [0.3, 0.4) is 0 Å². The minimum absolute atomic E-state index is 0.219. The van der Waals surface area contributed by atoms with Crippen LogP contribution in [0.5, 0.6) is 0 Å². The Balaban J connectivity index is 2.27. The molecule has 25 heavy (non-hydrogen) atoms. The number of nitriles is 1. The van der Waals surface area contributed by atoms with Crippen LogP contribution in [0, 0.1) is 11.3 Å². The molecular weight excluding hydrogens is 318 g/mol. The zero-order valence-electron chi connectivity index (χ0n) is 13.6. The first-order chi connectivity index (χ1) is 11.9. The topological polar surface area (TPSA) is 125 Å². The highest BCUT2D eigenvalue weighted by molar-refractivity contribution is 6.08. The molecule has 0 bridgehead atoms. The molecule has 2 rings (SSSR count). The maximum absolute atomic E-state index is 12.3. The van der Waals surface area contributed by atoms with E-state index in [0.29, 0.717) is 22.7 Å². The molecule has 0 saturated heterocycles. The Morgan fingerprint density at radius 3 is 2.04 bits per heavy atom. The number of amides is 2. The molecule has 5 N–H and O–H groups in total. The van der Waals surface area contributed by atoms with E-state index in [0.717, 1.165) is 0 Å². The van der Waals surface area contributed by atoms with Gasteiger partial charge in [0.15, 0.2) is 0 Å². The van der Waals surface area contributed by atoms with Gasteiger partial charge in [-0.1, -0.05) is 0 Å². The van der Waals surface area contributed by atoms with Crippen molar-refractivity contribution in [3.05, 3.63) is 60.3 Å². The van der Waals surface area contributed by atoms with Crippen LogP contribution in [-0.2, 0) is 9.59 Å². The van der Waals surface area contributed by atoms with Gasteiger partial charge in [-0.15, -0.1) is 0 Å². The second-order valence-electron chi connectivity index (χ2n) is 5.21. The minimum Gasteiger partial charge on any atom is -0.399 e. The molecule has 7 heteroatoms. The van der Waals surface area contributed by atoms with Crippen LogP contribution in [0.15, 0.2) is 60.3 Å². The normalized spacial score (nSPS) is 10.6. The zero-order valence-corrected chi connectivity index (χ0v) is 13.6. The monoisotopic (exact) mass is 335 g/mol. The van der Waals surface area contributed by atoms with Crippen molar-refractivity contribution >= 4 is 34.6 Å². The van der Waals surface area contributed by atoms with Crippen LogP contribution >= 0.6 is 0 Å². The van der Waals surface area contributed by atoms with Gasteiger partial charge in [0.05, 0.1) is 0 Å². The molecule has 0 heterocycles. The number of nitrogens with two attached hydrogens (primary N) is 2. The van der Waals surface area contributed by atoms with Gasteiger partial charge >= 0.3 is 0 Å². The lowest BCUT2D eigenvalue weighted by Gasteiger charge is -2.17. The molecule has 2 aromatic carbocycles. The second-order valence-corrected chi connectivity index (χ2v) is 5.21. The summed E-state index contributed by atoms with van der Waals surface area (Å²) in [6.45, 7) is 1.33. The molecular formula is C18H17N5O2. The molecule has 0 aliphatic heterocycles. The number of benzene rings is 2. The average Bonchev–Trinajstić information content (AvgIpc) is 2.58. The van der Waals surface area contributed by atoms with Crippen LogP contribution in [0.1, 0.15) is 6.92 Å². The summed E-state index contributed by atoms with van der Waals surface area (Å²) in [5.74, 6) is -0.980. The van der Waals surface area contributed by atoms with E-state index in [4.69, 9.17) is 11.5 Å². The van der Waals surface area contributed by atoms with Gasteiger partial charge in [0.25, 0.3) is 5.91 Å².